The van der Waals surface area contributed by atoms with Crippen LogP contribution in [0.1, 0.15) is 18.4 Å². The molecule has 9 heteroatoms. The predicted octanol–water partition coefficient (Wildman–Crippen LogP) is 3.25. The van der Waals surface area contributed by atoms with Gasteiger partial charge in [-0.25, -0.2) is 8.42 Å². The van der Waals surface area contributed by atoms with Crippen molar-refractivity contribution in [2.75, 3.05) is 16.8 Å². The minimum absolute atomic E-state index is 0.0907. The fourth-order valence-corrected chi connectivity index (χ4v) is 5.06. The number of carbonyl (C=O) groups is 2. The standard InChI is InChI=1S/C19H19ClN2O4S2/c20-15-4-2-1-3-13(15)12-21-18(23)8-10-28(25,26)14-5-6-17-16(11-14)22-19(24)7-9-27-17/h1-6,11H,7-10,12H2,(H,21,23)(H,22,24). The molecule has 0 unspecified atom stereocenters. The van der Waals surface area contributed by atoms with Gasteiger partial charge in [-0.3, -0.25) is 9.59 Å². The smallest absolute Gasteiger partial charge is 0.225 e. The van der Waals surface area contributed by atoms with Crippen LogP contribution in [0.4, 0.5) is 5.69 Å². The minimum Gasteiger partial charge on any atom is -0.352 e. The second-order valence-electron chi connectivity index (χ2n) is 6.24. The molecule has 3 rings (SSSR count). The molecule has 0 aromatic heterocycles. The third kappa shape index (κ3) is 5.27. The van der Waals surface area contributed by atoms with Crippen LogP contribution in [0, 0.1) is 0 Å². The number of hydrogen-bond donors (Lipinski definition) is 2. The molecule has 2 amide bonds. The van der Waals surface area contributed by atoms with Gasteiger partial charge in [0.2, 0.25) is 11.8 Å². The van der Waals surface area contributed by atoms with Crippen molar-refractivity contribution in [1.82, 2.24) is 5.32 Å². The molecule has 0 fully saturated rings. The molecule has 0 atom stereocenters. The van der Waals surface area contributed by atoms with Crippen LogP contribution in [0.15, 0.2) is 52.3 Å². The molecule has 28 heavy (non-hydrogen) atoms. The molecule has 148 valence electrons. The number of hydrogen-bond acceptors (Lipinski definition) is 5. The van der Waals surface area contributed by atoms with Crippen LogP contribution < -0.4 is 10.6 Å². The Morgan fingerprint density at radius 2 is 2.00 bits per heavy atom. The molecule has 0 aliphatic carbocycles. The summed E-state index contributed by atoms with van der Waals surface area (Å²) in [6.07, 6.45) is 0.220. The van der Waals surface area contributed by atoms with E-state index >= 15 is 0 Å². The lowest BCUT2D eigenvalue weighted by Gasteiger charge is -2.10. The zero-order chi connectivity index (χ0) is 20.1. The van der Waals surface area contributed by atoms with Crippen LogP contribution >= 0.6 is 23.4 Å². The Balaban J connectivity index is 1.61. The highest BCUT2D eigenvalue weighted by molar-refractivity contribution is 7.99. The number of amides is 2. The molecule has 0 saturated heterocycles. The number of nitrogens with one attached hydrogen (secondary N) is 2. The SMILES string of the molecule is O=C(CCS(=O)(=O)c1ccc2c(c1)NC(=O)CCS2)NCc1ccccc1Cl. The van der Waals surface area contributed by atoms with Crippen molar-refractivity contribution in [3.63, 3.8) is 0 Å². The summed E-state index contributed by atoms with van der Waals surface area (Å²) in [4.78, 5) is 24.7. The largest absolute Gasteiger partial charge is 0.352 e. The molecule has 0 spiro atoms. The van der Waals surface area contributed by atoms with Gasteiger partial charge in [-0.2, -0.15) is 0 Å². The molecule has 2 N–H and O–H groups in total. The lowest BCUT2D eigenvalue weighted by Crippen LogP contribution is -2.25. The van der Waals surface area contributed by atoms with Crippen molar-refractivity contribution in [2.45, 2.75) is 29.2 Å². The van der Waals surface area contributed by atoms with Crippen LogP contribution in [0.2, 0.25) is 5.02 Å². The van der Waals surface area contributed by atoms with Gasteiger partial charge in [-0.05, 0) is 29.8 Å². The first-order chi connectivity index (χ1) is 13.3. The first-order valence-electron chi connectivity index (χ1n) is 8.65. The third-order valence-electron chi connectivity index (χ3n) is 4.20. The van der Waals surface area contributed by atoms with Gasteiger partial charge >= 0.3 is 0 Å². The lowest BCUT2D eigenvalue weighted by atomic mass is 10.2. The van der Waals surface area contributed by atoms with Crippen LogP contribution in [-0.2, 0) is 26.0 Å². The number of fused-ring (bicyclic) bond motifs is 1. The first kappa shape index (κ1) is 20.7. The van der Waals surface area contributed by atoms with Crippen molar-refractivity contribution in [1.29, 1.82) is 0 Å². The van der Waals surface area contributed by atoms with Crippen LogP contribution in [-0.4, -0.2) is 31.7 Å². The van der Waals surface area contributed by atoms with Gasteiger partial charge in [0.25, 0.3) is 0 Å². The summed E-state index contributed by atoms with van der Waals surface area (Å²) in [6.45, 7) is 0.237. The highest BCUT2D eigenvalue weighted by atomic mass is 35.5. The van der Waals surface area contributed by atoms with Crippen LogP contribution in [0.3, 0.4) is 0 Å². The summed E-state index contributed by atoms with van der Waals surface area (Å²) >= 11 is 7.54. The van der Waals surface area contributed by atoms with Crippen molar-refractivity contribution in [3.05, 3.63) is 53.1 Å². The molecule has 0 saturated carbocycles. The number of benzene rings is 2. The average Bonchev–Trinajstić information content (AvgIpc) is 2.85. The number of rotatable bonds is 6. The van der Waals surface area contributed by atoms with Gasteiger partial charge in [0.15, 0.2) is 9.84 Å². The highest BCUT2D eigenvalue weighted by Crippen LogP contribution is 2.32. The van der Waals surface area contributed by atoms with E-state index in [2.05, 4.69) is 10.6 Å². The molecule has 0 bridgehead atoms. The summed E-state index contributed by atoms with van der Waals surface area (Å²) in [7, 11) is -3.66. The normalized spacial score (nSPS) is 14.0. The van der Waals surface area contributed by atoms with E-state index < -0.39 is 9.84 Å². The third-order valence-corrected chi connectivity index (χ3v) is 7.36. The second-order valence-corrected chi connectivity index (χ2v) is 9.89. The lowest BCUT2D eigenvalue weighted by molar-refractivity contribution is -0.121. The molecule has 2 aromatic carbocycles. The fraction of sp³-hybridized carbons (Fsp3) is 0.263. The van der Waals surface area contributed by atoms with E-state index in [1.807, 2.05) is 6.07 Å². The minimum atomic E-state index is -3.66. The summed E-state index contributed by atoms with van der Waals surface area (Å²) in [5, 5.41) is 5.95. The van der Waals surface area contributed by atoms with Gasteiger partial charge < -0.3 is 10.6 Å². The number of anilines is 1. The monoisotopic (exact) mass is 438 g/mol. The molecular formula is C19H19ClN2O4S2. The topological polar surface area (TPSA) is 92.3 Å². The maximum Gasteiger partial charge on any atom is 0.225 e. The Labute approximate surface area is 173 Å². The van der Waals surface area contributed by atoms with Crippen molar-refractivity contribution in [3.8, 4) is 0 Å². The van der Waals surface area contributed by atoms with E-state index in [4.69, 9.17) is 11.6 Å². The summed E-state index contributed by atoms with van der Waals surface area (Å²) in [5.74, 6) is -0.181. The molecule has 0 radical (unpaired) electrons. The van der Waals surface area contributed by atoms with E-state index in [1.54, 1.807) is 24.3 Å². The molecule has 6 nitrogen and oxygen atoms in total. The molecular weight excluding hydrogens is 420 g/mol. The number of halogens is 1. The maximum absolute atomic E-state index is 12.6. The van der Waals surface area contributed by atoms with E-state index in [1.165, 1.54) is 23.9 Å². The average molecular weight is 439 g/mol. The zero-order valence-corrected chi connectivity index (χ0v) is 17.3. The van der Waals surface area contributed by atoms with Gasteiger partial charge in [-0.1, -0.05) is 29.8 Å². The summed E-state index contributed by atoms with van der Waals surface area (Å²) in [5.41, 5.74) is 1.26. The summed E-state index contributed by atoms with van der Waals surface area (Å²) in [6, 6.07) is 11.8. The Morgan fingerprint density at radius 1 is 1.21 bits per heavy atom. The zero-order valence-electron chi connectivity index (χ0n) is 14.9. The number of thioether (sulfide) groups is 1. The van der Waals surface area contributed by atoms with Crippen LogP contribution in [0.25, 0.3) is 0 Å². The number of sulfone groups is 1. The van der Waals surface area contributed by atoms with E-state index in [-0.39, 0.29) is 35.4 Å². The number of carbonyl (C=O) groups excluding carboxylic acids is 2. The molecule has 2 aromatic rings. The van der Waals surface area contributed by atoms with Gasteiger partial charge in [0.05, 0.1) is 16.3 Å². The van der Waals surface area contributed by atoms with Crippen molar-refractivity contribution < 1.29 is 18.0 Å². The van der Waals surface area contributed by atoms with Crippen molar-refractivity contribution in [2.24, 2.45) is 0 Å². The second kappa shape index (κ2) is 8.98. The fourth-order valence-electron chi connectivity index (χ4n) is 2.66. The van der Waals surface area contributed by atoms with Crippen LogP contribution in [0.5, 0.6) is 0 Å². The van der Waals surface area contributed by atoms with E-state index in [0.29, 0.717) is 22.9 Å². The van der Waals surface area contributed by atoms with Crippen molar-refractivity contribution >= 4 is 50.7 Å². The van der Waals surface area contributed by atoms with Gasteiger partial charge in [-0.15, -0.1) is 11.8 Å². The Hall–Kier alpha value is -2.03. The van der Waals surface area contributed by atoms with Gasteiger partial charge in [0.1, 0.15) is 0 Å². The first-order valence-corrected chi connectivity index (χ1v) is 11.7. The molecule has 1 aliphatic heterocycles. The Morgan fingerprint density at radius 3 is 2.79 bits per heavy atom. The molecule has 1 heterocycles. The Kier molecular flexibility index (Phi) is 6.64. The Bertz CT molecular complexity index is 1010. The van der Waals surface area contributed by atoms with E-state index in [9.17, 15) is 18.0 Å². The van der Waals surface area contributed by atoms with E-state index in [0.717, 1.165) is 10.5 Å². The maximum atomic E-state index is 12.6. The predicted molar refractivity (Wildman–Crippen MR) is 110 cm³/mol. The summed E-state index contributed by atoms with van der Waals surface area (Å²) < 4.78 is 25.2. The molecule has 1 aliphatic rings. The highest BCUT2D eigenvalue weighted by Gasteiger charge is 2.20. The van der Waals surface area contributed by atoms with Gasteiger partial charge in [0, 0.05) is 35.1 Å². The quantitative estimate of drug-likeness (QED) is 0.722.